The number of benzene rings is 2. The fourth-order valence-electron chi connectivity index (χ4n) is 3.37. The molecule has 4 rings (SSSR count). The fraction of sp³-hybridized carbons (Fsp3) is 0.217. The smallest absolute Gasteiger partial charge is 0.359 e. The van der Waals surface area contributed by atoms with Crippen LogP contribution < -0.4 is 0 Å². The number of rotatable bonds is 5. The van der Waals surface area contributed by atoms with Crippen molar-refractivity contribution in [3.63, 3.8) is 0 Å². The minimum atomic E-state index is -0.563. The highest BCUT2D eigenvalue weighted by molar-refractivity contribution is 9.10. The number of aryl methyl sites for hydroxylation is 1. The molecule has 0 bridgehead atoms. The molecule has 0 saturated carbocycles. The Kier molecular flexibility index (Phi) is 5.73. The average Bonchev–Trinajstić information content (AvgIpc) is 3.37. The molecule has 0 fully saturated rings. The lowest BCUT2D eigenvalue weighted by Gasteiger charge is -2.13. The second kappa shape index (κ2) is 8.47. The number of nitrogens with zero attached hydrogens (tertiary/aromatic N) is 4. The molecule has 0 unspecified atom stereocenters. The van der Waals surface area contributed by atoms with Gasteiger partial charge in [-0.3, -0.25) is 0 Å². The van der Waals surface area contributed by atoms with E-state index < -0.39 is 5.97 Å². The minimum Gasteiger partial charge on any atom is -0.464 e. The molecule has 8 heteroatoms. The summed E-state index contributed by atoms with van der Waals surface area (Å²) in [5.74, 6) is 0.297. The van der Waals surface area contributed by atoms with Gasteiger partial charge < -0.3 is 9.15 Å². The van der Waals surface area contributed by atoms with Crippen LogP contribution in [0, 0.1) is 6.92 Å². The number of aromatic nitrogens is 4. The summed E-state index contributed by atoms with van der Waals surface area (Å²) in [6.45, 7) is 6.19. The maximum Gasteiger partial charge on any atom is 0.359 e. The number of para-hydroxylation sites is 1. The first-order valence-corrected chi connectivity index (χ1v) is 10.6. The summed E-state index contributed by atoms with van der Waals surface area (Å²) in [5, 5.41) is 13.0. The summed E-state index contributed by atoms with van der Waals surface area (Å²) < 4.78 is 13.0. The SMILES string of the molecule is COC(=O)c1nn(-c2ccccc2C(C)C)c(-c2nnc(-c3cccc(C)c3)o2)c1Br. The van der Waals surface area contributed by atoms with E-state index in [-0.39, 0.29) is 17.5 Å². The molecule has 0 N–H and O–H groups in total. The van der Waals surface area contributed by atoms with Crippen LogP contribution in [-0.2, 0) is 4.74 Å². The van der Waals surface area contributed by atoms with Gasteiger partial charge in [-0.05, 0) is 52.5 Å². The summed E-state index contributed by atoms with van der Waals surface area (Å²) >= 11 is 3.50. The third-order valence-electron chi connectivity index (χ3n) is 4.89. The monoisotopic (exact) mass is 480 g/mol. The van der Waals surface area contributed by atoms with Gasteiger partial charge in [-0.25, -0.2) is 9.48 Å². The first-order valence-electron chi connectivity index (χ1n) is 9.77. The molecule has 2 aromatic heterocycles. The van der Waals surface area contributed by atoms with Crippen molar-refractivity contribution in [2.75, 3.05) is 7.11 Å². The second-order valence-corrected chi connectivity index (χ2v) is 8.20. The normalized spacial score (nSPS) is 11.2. The van der Waals surface area contributed by atoms with E-state index in [1.165, 1.54) is 7.11 Å². The first-order chi connectivity index (χ1) is 14.9. The molecular formula is C23H21BrN4O3. The van der Waals surface area contributed by atoms with Crippen molar-refractivity contribution < 1.29 is 13.9 Å². The average molecular weight is 481 g/mol. The van der Waals surface area contributed by atoms with E-state index in [1.807, 2.05) is 55.5 Å². The van der Waals surface area contributed by atoms with Crippen LogP contribution in [-0.4, -0.2) is 33.1 Å². The van der Waals surface area contributed by atoms with Gasteiger partial charge in [-0.15, -0.1) is 10.2 Å². The van der Waals surface area contributed by atoms with Crippen molar-refractivity contribution in [2.45, 2.75) is 26.7 Å². The highest BCUT2D eigenvalue weighted by atomic mass is 79.9. The topological polar surface area (TPSA) is 83.0 Å². The second-order valence-electron chi connectivity index (χ2n) is 7.41. The first kappa shape index (κ1) is 21.0. The van der Waals surface area contributed by atoms with E-state index in [0.717, 1.165) is 22.4 Å². The summed E-state index contributed by atoms with van der Waals surface area (Å²) in [5.41, 5.74) is 4.40. The lowest BCUT2D eigenvalue weighted by Crippen LogP contribution is -2.07. The van der Waals surface area contributed by atoms with Crippen LogP contribution in [0.4, 0.5) is 0 Å². The molecule has 158 valence electrons. The Morgan fingerprint density at radius 1 is 1.10 bits per heavy atom. The fourth-order valence-corrected chi connectivity index (χ4v) is 3.95. The van der Waals surface area contributed by atoms with Crippen LogP contribution in [0.2, 0.25) is 0 Å². The zero-order valence-corrected chi connectivity index (χ0v) is 19.2. The Balaban J connectivity index is 1.92. The zero-order valence-electron chi connectivity index (χ0n) is 17.6. The van der Waals surface area contributed by atoms with Crippen LogP contribution >= 0.6 is 15.9 Å². The number of halogens is 1. The Hall–Kier alpha value is -3.26. The lowest BCUT2D eigenvalue weighted by molar-refractivity contribution is 0.0592. The minimum absolute atomic E-state index is 0.131. The van der Waals surface area contributed by atoms with Crippen molar-refractivity contribution in [2.24, 2.45) is 0 Å². The van der Waals surface area contributed by atoms with Gasteiger partial charge >= 0.3 is 5.97 Å². The summed E-state index contributed by atoms with van der Waals surface area (Å²) in [6, 6.07) is 15.7. The molecular weight excluding hydrogens is 460 g/mol. The molecule has 0 saturated heterocycles. The van der Waals surface area contributed by atoms with Crippen LogP contribution in [0.15, 0.2) is 57.4 Å². The molecule has 0 aliphatic carbocycles. The van der Waals surface area contributed by atoms with Gasteiger partial charge in [-0.2, -0.15) is 5.10 Å². The largest absolute Gasteiger partial charge is 0.464 e. The molecule has 0 amide bonds. The maximum atomic E-state index is 12.4. The highest BCUT2D eigenvalue weighted by Crippen LogP contribution is 2.36. The van der Waals surface area contributed by atoms with Crippen molar-refractivity contribution in [3.8, 4) is 28.7 Å². The van der Waals surface area contributed by atoms with Crippen molar-refractivity contribution in [1.29, 1.82) is 0 Å². The third-order valence-corrected chi connectivity index (χ3v) is 5.64. The number of ether oxygens (including phenoxy) is 1. The van der Waals surface area contributed by atoms with Crippen LogP contribution in [0.3, 0.4) is 0 Å². The van der Waals surface area contributed by atoms with E-state index >= 15 is 0 Å². The van der Waals surface area contributed by atoms with E-state index in [0.29, 0.717) is 16.1 Å². The third kappa shape index (κ3) is 3.90. The van der Waals surface area contributed by atoms with Crippen molar-refractivity contribution in [3.05, 3.63) is 69.8 Å². The predicted octanol–water partition coefficient (Wildman–Crippen LogP) is 5.57. The Labute approximate surface area is 188 Å². The Morgan fingerprint density at radius 3 is 2.55 bits per heavy atom. The van der Waals surface area contributed by atoms with Gasteiger partial charge in [-0.1, -0.05) is 49.7 Å². The van der Waals surface area contributed by atoms with E-state index in [2.05, 4.69) is 45.1 Å². The van der Waals surface area contributed by atoms with Gasteiger partial charge in [0.1, 0.15) is 5.69 Å². The van der Waals surface area contributed by atoms with E-state index in [9.17, 15) is 4.79 Å². The predicted molar refractivity (Wildman–Crippen MR) is 120 cm³/mol. The zero-order chi connectivity index (χ0) is 22.1. The molecule has 0 aliphatic rings. The molecule has 2 heterocycles. The van der Waals surface area contributed by atoms with E-state index in [1.54, 1.807) is 4.68 Å². The van der Waals surface area contributed by atoms with Crippen LogP contribution in [0.5, 0.6) is 0 Å². The molecule has 0 aliphatic heterocycles. The molecule has 0 radical (unpaired) electrons. The van der Waals surface area contributed by atoms with Crippen molar-refractivity contribution in [1.82, 2.24) is 20.0 Å². The molecule has 4 aromatic rings. The molecule has 0 atom stereocenters. The van der Waals surface area contributed by atoms with E-state index in [4.69, 9.17) is 9.15 Å². The number of hydrogen-bond donors (Lipinski definition) is 0. The Bertz CT molecular complexity index is 1260. The van der Waals surface area contributed by atoms with Gasteiger partial charge in [0.2, 0.25) is 5.89 Å². The van der Waals surface area contributed by atoms with Crippen LogP contribution in [0.25, 0.3) is 28.7 Å². The Morgan fingerprint density at radius 2 is 1.84 bits per heavy atom. The standard InChI is InChI=1S/C23H21BrN4O3/c1-13(2)16-10-5-6-11-17(16)28-20(18(24)19(27-28)23(29)30-4)22-26-25-21(31-22)15-9-7-8-14(3)12-15/h5-13H,1-4H3. The number of carbonyl (C=O) groups is 1. The number of esters is 1. The molecule has 31 heavy (non-hydrogen) atoms. The van der Waals surface area contributed by atoms with Crippen LogP contribution in [0.1, 0.15) is 41.4 Å². The van der Waals surface area contributed by atoms with Gasteiger partial charge in [0.05, 0.1) is 17.3 Å². The summed E-state index contributed by atoms with van der Waals surface area (Å²) in [7, 11) is 1.32. The number of methoxy groups -OCH3 is 1. The number of hydrogen-bond acceptors (Lipinski definition) is 6. The molecule has 2 aromatic carbocycles. The maximum absolute atomic E-state index is 12.4. The van der Waals surface area contributed by atoms with Gasteiger partial charge in [0.15, 0.2) is 5.69 Å². The molecule has 7 nitrogen and oxygen atoms in total. The highest BCUT2D eigenvalue weighted by Gasteiger charge is 2.28. The van der Waals surface area contributed by atoms with Gasteiger partial charge in [0.25, 0.3) is 5.89 Å². The lowest BCUT2D eigenvalue weighted by atomic mass is 10.0. The summed E-state index contributed by atoms with van der Waals surface area (Å²) in [6.07, 6.45) is 0. The quantitative estimate of drug-likeness (QED) is 0.347. The summed E-state index contributed by atoms with van der Waals surface area (Å²) in [4.78, 5) is 12.4. The van der Waals surface area contributed by atoms with Gasteiger partial charge in [0, 0.05) is 5.56 Å². The van der Waals surface area contributed by atoms with Crippen molar-refractivity contribution >= 4 is 21.9 Å². The molecule has 0 spiro atoms. The number of carbonyl (C=O) groups excluding carboxylic acids is 1.